The van der Waals surface area contributed by atoms with Gasteiger partial charge in [0, 0.05) is 36.0 Å². The van der Waals surface area contributed by atoms with Crippen LogP contribution in [0.25, 0.3) is 0 Å². The minimum Gasteiger partial charge on any atom is -0.376 e. The number of nitrogens with zero attached hydrogens (tertiary/aromatic N) is 1. The Morgan fingerprint density at radius 1 is 1.00 bits per heavy atom. The second-order valence-electron chi connectivity index (χ2n) is 5.48. The topological polar surface area (TPSA) is 44.4 Å². The number of carbonyl (C=O) groups excluding carboxylic acids is 1. The molecule has 0 aliphatic rings. The number of halogens is 1. The van der Waals surface area contributed by atoms with E-state index in [1.165, 1.54) is 5.69 Å². The van der Waals surface area contributed by atoms with E-state index in [2.05, 4.69) is 41.5 Å². The van der Waals surface area contributed by atoms with Crippen molar-refractivity contribution in [1.29, 1.82) is 0 Å². The number of nitrogens with one attached hydrogen (secondary N) is 2. The quantitative estimate of drug-likeness (QED) is 0.762. The van der Waals surface area contributed by atoms with Gasteiger partial charge in [-0.1, -0.05) is 23.7 Å². The lowest BCUT2D eigenvalue weighted by Crippen LogP contribution is -2.29. The normalized spacial score (nSPS) is 10.3. The highest BCUT2D eigenvalue weighted by atomic mass is 35.5. The molecule has 0 spiro atoms. The van der Waals surface area contributed by atoms with Gasteiger partial charge in [0.05, 0.1) is 6.54 Å². The number of benzene rings is 2. The van der Waals surface area contributed by atoms with E-state index < -0.39 is 0 Å². The van der Waals surface area contributed by atoms with Crippen LogP contribution in [0.15, 0.2) is 48.5 Å². The number of rotatable bonds is 8. The highest BCUT2D eigenvalue weighted by Gasteiger charge is 2.04. The molecule has 0 aliphatic carbocycles. The summed E-state index contributed by atoms with van der Waals surface area (Å²) >= 11 is 5.84. The molecule has 0 saturated heterocycles. The van der Waals surface area contributed by atoms with Crippen molar-refractivity contribution < 1.29 is 4.79 Å². The van der Waals surface area contributed by atoms with Crippen LogP contribution in [0.5, 0.6) is 0 Å². The van der Waals surface area contributed by atoms with Crippen LogP contribution in [0.2, 0.25) is 5.02 Å². The van der Waals surface area contributed by atoms with Gasteiger partial charge < -0.3 is 15.5 Å². The molecule has 0 saturated carbocycles. The first-order valence-corrected chi connectivity index (χ1v) is 8.60. The van der Waals surface area contributed by atoms with E-state index in [0.717, 1.165) is 24.3 Å². The van der Waals surface area contributed by atoms with Crippen molar-refractivity contribution in [1.82, 2.24) is 5.32 Å². The van der Waals surface area contributed by atoms with Crippen molar-refractivity contribution in [3.63, 3.8) is 0 Å². The zero-order chi connectivity index (χ0) is 17.4. The van der Waals surface area contributed by atoms with E-state index >= 15 is 0 Å². The summed E-state index contributed by atoms with van der Waals surface area (Å²) < 4.78 is 0. The van der Waals surface area contributed by atoms with Crippen LogP contribution in [0, 0.1) is 0 Å². The molecule has 4 nitrogen and oxygen atoms in total. The van der Waals surface area contributed by atoms with Crippen LogP contribution >= 0.6 is 11.6 Å². The molecule has 0 bridgehead atoms. The number of hydrogen-bond acceptors (Lipinski definition) is 3. The van der Waals surface area contributed by atoms with Crippen molar-refractivity contribution in [3.8, 4) is 0 Å². The number of hydrogen-bond donors (Lipinski definition) is 2. The molecule has 0 radical (unpaired) electrons. The zero-order valence-corrected chi connectivity index (χ0v) is 14.9. The highest BCUT2D eigenvalue weighted by Crippen LogP contribution is 2.17. The van der Waals surface area contributed by atoms with Crippen LogP contribution in [-0.2, 0) is 11.3 Å². The Hall–Kier alpha value is -2.20. The fraction of sp³-hybridized carbons (Fsp3) is 0.316. The van der Waals surface area contributed by atoms with Crippen molar-refractivity contribution >= 4 is 28.9 Å². The van der Waals surface area contributed by atoms with Gasteiger partial charge in [-0.3, -0.25) is 4.79 Å². The molecule has 0 atom stereocenters. The summed E-state index contributed by atoms with van der Waals surface area (Å²) in [5, 5.41) is 6.72. The summed E-state index contributed by atoms with van der Waals surface area (Å²) in [7, 11) is 0. The molecule has 2 aromatic rings. The third-order valence-corrected chi connectivity index (χ3v) is 4.10. The fourth-order valence-corrected chi connectivity index (χ4v) is 2.55. The van der Waals surface area contributed by atoms with E-state index in [1.807, 2.05) is 36.4 Å². The Balaban J connectivity index is 1.78. The van der Waals surface area contributed by atoms with Crippen LogP contribution in [0.4, 0.5) is 11.4 Å². The predicted octanol–water partition coefficient (Wildman–Crippen LogP) is 3.91. The standard InChI is InChI=1S/C19H24ClN3O/c1-3-23(4-2)18-11-9-17(10-12-18)21-14-19(24)22-13-15-5-7-16(20)8-6-15/h5-12,21H,3-4,13-14H2,1-2H3,(H,22,24). The van der Waals surface area contributed by atoms with E-state index in [1.54, 1.807) is 0 Å². The van der Waals surface area contributed by atoms with Gasteiger partial charge in [0.1, 0.15) is 0 Å². The zero-order valence-electron chi connectivity index (χ0n) is 14.2. The smallest absolute Gasteiger partial charge is 0.239 e. The molecule has 128 valence electrons. The molecule has 0 aromatic heterocycles. The molecule has 0 fully saturated rings. The predicted molar refractivity (Wildman–Crippen MR) is 102 cm³/mol. The number of anilines is 2. The molecule has 0 unspecified atom stereocenters. The summed E-state index contributed by atoms with van der Waals surface area (Å²) in [6.45, 7) is 6.99. The minimum atomic E-state index is -0.0437. The summed E-state index contributed by atoms with van der Waals surface area (Å²) in [4.78, 5) is 14.2. The molecule has 24 heavy (non-hydrogen) atoms. The number of amides is 1. The summed E-state index contributed by atoms with van der Waals surface area (Å²) in [5.74, 6) is -0.0437. The Labute approximate surface area is 148 Å². The fourth-order valence-electron chi connectivity index (χ4n) is 2.43. The van der Waals surface area contributed by atoms with Gasteiger partial charge in [-0.25, -0.2) is 0 Å². The first kappa shape index (κ1) is 18.1. The Kier molecular flexibility index (Phi) is 6.94. The van der Waals surface area contributed by atoms with Gasteiger partial charge in [0.2, 0.25) is 5.91 Å². The molecule has 2 aromatic carbocycles. The van der Waals surface area contributed by atoms with Crippen molar-refractivity contribution in [2.45, 2.75) is 20.4 Å². The molecule has 0 aliphatic heterocycles. The van der Waals surface area contributed by atoms with Gasteiger partial charge in [-0.2, -0.15) is 0 Å². The highest BCUT2D eigenvalue weighted by molar-refractivity contribution is 6.30. The Bertz CT molecular complexity index is 637. The molecule has 0 heterocycles. The average Bonchev–Trinajstić information content (AvgIpc) is 2.61. The van der Waals surface area contributed by atoms with Crippen molar-refractivity contribution in [2.24, 2.45) is 0 Å². The van der Waals surface area contributed by atoms with Crippen molar-refractivity contribution in [2.75, 3.05) is 29.9 Å². The molecule has 5 heteroatoms. The maximum Gasteiger partial charge on any atom is 0.239 e. The summed E-state index contributed by atoms with van der Waals surface area (Å²) in [5.41, 5.74) is 3.15. The number of carbonyl (C=O) groups is 1. The van der Waals surface area contributed by atoms with Gasteiger partial charge in [-0.15, -0.1) is 0 Å². The molecule has 2 rings (SSSR count). The minimum absolute atomic E-state index is 0.0437. The van der Waals surface area contributed by atoms with Gasteiger partial charge in [-0.05, 0) is 55.8 Å². The van der Waals surface area contributed by atoms with E-state index in [4.69, 9.17) is 11.6 Å². The average molecular weight is 346 g/mol. The van der Waals surface area contributed by atoms with Gasteiger partial charge in [0.15, 0.2) is 0 Å². The Morgan fingerprint density at radius 3 is 2.21 bits per heavy atom. The van der Waals surface area contributed by atoms with E-state index in [9.17, 15) is 4.79 Å². The van der Waals surface area contributed by atoms with E-state index in [-0.39, 0.29) is 12.5 Å². The van der Waals surface area contributed by atoms with Crippen LogP contribution in [-0.4, -0.2) is 25.5 Å². The lowest BCUT2D eigenvalue weighted by molar-refractivity contribution is -0.119. The lowest BCUT2D eigenvalue weighted by Gasteiger charge is -2.21. The van der Waals surface area contributed by atoms with E-state index in [0.29, 0.717) is 11.6 Å². The summed E-state index contributed by atoms with van der Waals surface area (Å²) in [6.07, 6.45) is 0. The van der Waals surface area contributed by atoms with Crippen LogP contribution in [0.1, 0.15) is 19.4 Å². The van der Waals surface area contributed by atoms with Gasteiger partial charge in [0.25, 0.3) is 0 Å². The monoisotopic (exact) mass is 345 g/mol. The lowest BCUT2D eigenvalue weighted by atomic mass is 10.2. The van der Waals surface area contributed by atoms with Crippen molar-refractivity contribution in [3.05, 3.63) is 59.1 Å². The second-order valence-corrected chi connectivity index (χ2v) is 5.91. The Morgan fingerprint density at radius 2 is 1.62 bits per heavy atom. The third kappa shape index (κ3) is 5.46. The molecule has 2 N–H and O–H groups in total. The molecular weight excluding hydrogens is 322 g/mol. The maximum absolute atomic E-state index is 11.9. The first-order chi connectivity index (χ1) is 11.6. The molecular formula is C19H24ClN3O. The third-order valence-electron chi connectivity index (χ3n) is 3.85. The largest absolute Gasteiger partial charge is 0.376 e. The van der Waals surface area contributed by atoms with Crippen LogP contribution < -0.4 is 15.5 Å². The summed E-state index contributed by atoms with van der Waals surface area (Å²) in [6, 6.07) is 15.6. The first-order valence-electron chi connectivity index (χ1n) is 8.22. The molecule has 1 amide bonds. The SMILES string of the molecule is CCN(CC)c1ccc(NCC(=O)NCc2ccc(Cl)cc2)cc1. The van der Waals surface area contributed by atoms with Crippen LogP contribution in [0.3, 0.4) is 0 Å². The second kappa shape index (κ2) is 9.18. The van der Waals surface area contributed by atoms with Gasteiger partial charge >= 0.3 is 0 Å². The maximum atomic E-state index is 11.9.